The second-order valence-corrected chi connectivity index (χ2v) is 6.28. The maximum Gasteiger partial charge on any atom is 0.269 e. The zero-order valence-corrected chi connectivity index (χ0v) is 14.7. The maximum atomic E-state index is 11.9. The van der Waals surface area contributed by atoms with Crippen molar-refractivity contribution >= 4 is 17.5 Å². The number of rotatable bonds is 5. The molecule has 6 nitrogen and oxygen atoms in total. The normalized spacial score (nSPS) is 14.7. The second kappa shape index (κ2) is 9.01. The summed E-state index contributed by atoms with van der Waals surface area (Å²) in [6, 6.07) is 19.2. The smallest absolute Gasteiger partial charge is 0.269 e. The fourth-order valence-electron chi connectivity index (χ4n) is 2.98. The molecule has 6 heteroatoms. The predicted octanol–water partition coefficient (Wildman–Crippen LogP) is 1.66. The van der Waals surface area contributed by atoms with E-state index in [9.17, 15) is 9.59 Å². The third-order valence-electron chi connectivity index (χ3n) is 4.50. The molecule has 0 unspecified atom stereocenters. The van der Waals surface area contributed by atoms with Crippen LogP contribution in [0.25, 0.3) is 0 Å². The summed E-state index contributed by atoms with van der Waals surface area (Å²) in [7, 11) is 0. The Morgan fingerprint density at radius 1 is 0.808 bits per heavy atom. The van der Waals surface area contributed by atoms with Crippen LogP contribution >= 0.6 is 0 Å². The molecule has 136 valence electrons. The minimum Gasteiger partial charge on any atom is -0.369 e. The van der Waals surface area contributed by atoms with Gasteiger partial charge in [-0.15, -0.1) is 0 Å². The third kappa shape index (κ3) is 5.07. The number of carbonyl (C=O) groups is 2. The number of para-hydroxylation sites is 1. The van der Waals surface area contributed by atoms with Crippen molar-refractivity contribution in [2.75, 3.05) is 37.6 Å². The molecule has 0 atom stereocenters. The van der Waals surface area contributed by atoms with Crippen LogP contribution in [0.2, 0.25) is 0 Å². The van der Waals surface area contributed by atoms with Crippen LogP contribution in [0, 0.1) is 0 Å². The lowest BCUT2D eigenvalue weighted by Crippen LogP contribution is -2.48. The number of carbonyl (C=O) groups excluding carboxylic acids is 2. The molecule has 1 heterocycles. The summed E-state index contributed by atoms with van der Waals surface area (Å²) < 4.78 is 0. The number of hydrazine groups is 1. The Morgan fingerprint density at radius 3 is 2.08 bits per heavy atom. The molecule has 3 rings (SSSR count). The molecule has 0 aliphatic carbocycles. The van der Waals surface area contributed by atoms with Crippen LogP contribution in [0.4, 0.5) is 5.69 Å². The maximum absolute atomic E-state index is 11.9. The van der Waals surface area contributed by atoms with Crippen molar-refractivity contribution in [3.8, 4) is 0 Å². The summed E-state index contributed by atoms with van der Waals surface area (Å²) >= 11 is 0. The van der Waals surface area contributed by atoms with Crippen molar-refractivity contribution in [3.63, 3.8) is 0 Å². The molecule has 26 heavy (non-hydrogen) atoms. The van der Waals surface area contributed by atoms with Gasteiger partial charge in [0.2, 0.25) is 5.91 Å². The SMILES string of the molecule is O=C(CCN1CCN(c2ccccc2)CC1)NNC(=O)c1ccccc1. The zero-order valence-electron chi connectivity index (χ0n) is 14.7. The molecule has 1 saturated heterocycles. The van der Waals surface area contributed by atoms with Gasteiger partial charge < -0.3 is 4.90 Å². The fourth-order valence-corrected chi connectivity index (χ4v) is 2.98. The van der Waals surface area contributed by atoms with E-state index >= 15 is 0 Å². The lowest BCUT2D eigenvalue weighted by Gasteiger charge is -2.36. The highest BCUT2D eigenvalue weighted by Crippen LogP contribution is 2.15. The monoisotopic (exact) mass is 352 g/mol. The topological polar surface area (TPSA) is 64.7 Å². The molecule has 1 aliphatic rings. The van der Waals surface area contributed by atoms with Gasteiger partial charge in [0.1, 0.15) is 0 Å². The highest BCUT2D eigenvalue weighted by Gasteiger charge is 2.17. The van der Waals surface area contributed by atoms with E-state index in [0.717, 1.165) is 26.2 Å². The van der Waals surface area contributed by atoms with E-state index in [-0.39, 0.29) is 11.8 Å². The molecule has 1 fully saturated rings. The van der Waals surface area contributed by atoms with E-state index in [1.165, 1.54) is 5.69 Å². The first-order valence-corrected chi connectivity index (χ1v) is 8.89. The summed E-state index contributed by atoms with van der Waals surface area (Å²) in [6.07, 6.45) is 0.362. The first-order valence-electron chi connectivity index (χ1n) is 8.89. The van der Waals surface area contributed by atoms with Crippen LogP contribution in [-0.2, 0) is 4.79 Å². The zero-order chi connectivity index (χ0) is 18.2. The van der Waals surface area contributed by atoms with Gasteiger partial charge in [0.05, 0.1) is 0 Å². The molecule has 2 aromatic carbocycles. The highest BCUT2D eigenvalue weighted by atomic mass is 16.2. The van der Waals surface area contributed by atoms with Crippen LogP contribution in [0.5, 0.6) is 0 Å². The number of nitrogens with zero attached hydrogens (tertiary/aromatic N) is 2. The molecule has 0 spiro atoms. The number of piperazine rings is 1. The van der Waals surface area contributed by atoms with Crippen molar-refractivity contribution in [1.82, 2.24) is 15.8 Å². The molecule has 1 aliphatic heterocycles. The Morgan fingerprint density at radius 2 is 1.42 bits per heavy atom. The summed E-state index contributed by atoms with van der Waals surface area (Å²) in [6.45, 7) is 4.46. The van der Waals surface area contributed by atoms with E-state index in [2.05, 4.69) is 44.9 Å². The van der Waals surface area contributed by atoms with E-state index in [1.54, 1.807) is 24.3 Å². The molecule has 2 N–H and O–H groups in total. The predicted molar refractivity (Wildman–Crippen MR) is 102 cm³/mol. The number of benzene rings is 2. The Hall–Kier alpha value is -2.86. The number of amides is 2. The van der Waals surface area contributed by atoms with E-state index in [4.69, 9.17) is 0 Å². The van der Waals surface area contributed by atoms with Crippen molar-refractivity contribution in [1.29, 1.82) is 0 Å². The van der Waals surface area contributed by atoms with Crippen LogP contribution in [-0.4, -0.2) is 49.4 Å². The summed E-state index contributed by atoms with van der Waals surface area (Å²) in [5, 5.41) is 0. The van der Waals surface area contributed by atoms with Crippen molar-refractivity contribution < 1.29 is 9.59 Å². The van der Waals surface area contributed by atoms with Gasteiger partial charge in [-0.3, -0.25) is 25.3 Å². The van der Waals surface area contributed by atoms with Crippen LogP contribution in [0.15, 0.2) is 60.7 Å². The first kappa shape index (κ1) is 17.9. The largest absolute Gasteiger partial charge is 0.369 e. The summed E-state index contributed by atoms with van der Waals surface area (Å²) in [5.74, 6) is -0.491. The Labute approximate surface area is 153 Å². The molecular formula is C20H24N4O2. The van der Waals surface area contributed by atoms with Gasteiger partial charge in [0.25, 0.3) is 5.91 Å². The van der Waals surface area contributed by atoms with E-state index in [1.807, 2.05) is 12.1 Å². The Kier molecular flexibility index (Phi) is 6.22. The lowest BCUT2D eigenvalue weighted by atomic mass is 10.2. The van der Waals surface area contributed by atoms with Crippen LogP contribution < -0.4 is 15.8 Å². The summed E-state index contributed by atoms with van der Waals surface area (Å²) in [4.78, 5) is 28.5. The molecule has 0 radical (unpaired) electrons. The Bertz CT molecular complexity index is 713. The number of anilines is 1. The van der Waals surface area contributed by atoms with Crippen LogP contribution in [0.3, 0.4) is 0 Å². The third-order valence-corrected chi connectivity index (χ3v) is 4.50. The second-order valence-electron chi connectivity index (χ2n) is 6.28. The van der Waals surface area contributed by atoms with Crippen molar-refractivity contribution in [2.24, 2.45) is 0 Å². The number of hydrogen-bond donors (Lipinski definition) is 2. The van der Waals surface area contributed by atoms with Gasteiger partial charge in [0, 0.05) is 50.4 Å². The standard InChI is InChI=1S/C20H24N4O2/c25-19(21-22-20(26)17-7-3-1-4-8-17)11-12-23-13-15-24(16-14-23)18-9-5-2-6-10-18/h1-10H,11-16H2,(H,21,25)(H,22,26). The van der Waals surface area contributed by atoms with Gasteiger partial charge >= 0.3 is 0 Å². The average molecular weight is 352 g/mol. The highest BCUT2D eigenvalue weighted by molar-refractivity contribution is 5.95. The minimum absolute atomic E-state index is 0.181. The molecule has 2 amide bonds. The summed E-state index contributed by atoms with van der Waals surface area (Å²) in [5.41, 5.74) is 6.69. The molecule has 0 saturated carbocycles. The van der Waals surface area contributed by atoms with Gasteiger partial charge in [-0.25, -0.2) is 0 Å². The fraction of sp³-hybridized carbons (Fsp3) is 0.300. The lowest BCUT2D eigenvalue weighted by molar-refractivity contribution is -0.122. The molecule has 2 aromatic rings. The van der Waals surface area contributed by atoms with Gasteiger partial charge in [-0.1, -0.05) is 36.4 Å². The van der Waals surface area contributed by atoms with Gasteiger partial charge in [-0.05, 0) is 24.3 Å². The van der Waals surface area contributed by atoms with Gasteiger partial charge in [0.15, 0.2) is 0 Å². The number of hydrogen-bond acceptors (Lipinski definition) is 4. The number of nitrogens with one attached hydrogen (secondary N) is 2. The van der Waals surface area contributed by atoms with E-state index < -0.39 is 0 Å². The molecule has 0 aromatic heterocycles. The first-order chi connectivity index (χ1) is 12.7. The quantitative estimate of drug-likeness (QED) is 0.804. The van der Waals surface area contributed by atoms with E-state index in [0.29, 0.717) is 18.5 Å². The van der Waals surface area contributed by atoms with Gasteiger partial charge in [-0.2, -0.15) is 0 Å². The average Bonchev–Trinajstić information content (AvgIpc) is 2.72. The molecular weight excluding hydrogens is 328 g/mol. The minimum atomic E-state index is -0.310. The molecule has 0 bridgehead atoms. The Balaban J connectivity index is 1.35. The van der Waals surface area contributed by atoms with Crippen LogP contribution in [0.1, 0.15) is 16.8 Å². The van der Waals surface area contributed by atoms with Crippen molar-refractivity contribution in [2.45, 2.75) is 6.42 Å². The van der Waals surface area contributed by atoms with Crippen molar-refractivity contribution in [3.05, 3.63) is 66.2 Å².